The molecule has 0 aliphatic rings. The van der Waals surface area contributed by atoms with E-state index < -0.39 is 12.0 Å². The number of aliphatic carboxylic acids is 1. The summed E-state index contributed by atoms with van der Waals surface area (Å²) >= 11 is 1.46. The van der Waals surface area contributed by atoms with Crippen LogP contribution in [0, 0.1) is 0 Å². The predicted molar refractivity (Wildman–Crippen MR) is 76.5 cm³/mol. The lowest BCUT2D eigenvalue weighted by Crippen LogP contribution is -2.39. The van der Waals surface area contributed by atoms with Crippen molar-refractivity contribution in [2.75, 3.05) is 0 Å². The van der Waals surface area contributed by atoms with E-state index in [1.165, 1.54) is 18.3 Å². The molecule has 0 saturated heterocycles. The highest BCUT2D eigenvalue weighted by Gasteiger charge is 2.15. The summed E-state index contributed by atoms with van der Waals surface area (Å²) in [6.07, 6.45) is 0.0843. The van der Waals surface area contributed by atoms with Crippen LogP contribution in [0.3, 0.4) is 0 Å². The fourth-order valence-corrected chi connectivity index (χ4v) is 2.45. The van der Waals surface area contributed by atoms with Gasteiger partial charge in [0.25, 0.3) is 0 Å². The molecule has 1 amide bonds. The molecule has 1 heterocycles. The van der Waals surface area contributed by atoms with Crippen molar-refractivity contribution < 1.29 is 14.7 Å². The SMILES string of the molecule is CC(NC(=O)Cc1csc(-c2ccccc2)n1)C(=O)O. The first-order chi connectivity index (χ1) is 9.56. The Hall–Kier alpha value is -2.21. The molecule has 0 saturated carbocycles. The molecule has 2 rings (SSSR count). The van der Waals surface area contributed by atoms with Gasteiger partial charge in [-0.15, -0.1) is 11.3 Å². The third-order valence-electron chi connectivity index (χ3n) is 2.66. The van der Waals surface area contributed by atoms with Gasteiger partial charge in [-0.3, -0.25) is 9.59 Å². The first-order valence-corrected chi connectivity index (χ1v) is 6.96. The molecule has 0 spiro atoms. The fourth-order valence-electron chi connectivity index (χ4n) is 1.62. The number of aromatic nitrogens is 1. The minimum Gasteiger partial charge on any atom is -0.480 e. The van der Waals surface area contributed by atoms with E-state index in [0.29, 0.717) is 5.69 Å². The van der Waals surface area contributed by atoms with E-state index in [1.807, 2.05) is 35.7 Å². The Morgan fingerprint density at radius 2 is 2.05 bits per heavy atom. The number of benzene rings is 1. The second-order valence-electron chi connectivity index (χ2n) is 4.31. The van der Waals surface area contributed by atoms with Crippen LogP contribution in [0.5, 0.6) is 0 Å². The third kappa shape index (κ3) is 3.64. The van der Waals surface area contributed by atoms with E-state index in [1.54, 1.807) is 0 Å². The number of hydrogen-bond acceptors (Lipinski definition) is 4. The Labute approximate surface area is 120 Å². The summed E-state index contributed by atoms with van der Waals surface area (Å²) in [6, 6.07) is 8.80. The highest BCUT2D eigenvalue weighted by molar-refractivity contribution is 7.13. The van der Waals surface area contributed by atoms with E-state index in [0.717, 1.165) is 10.6 Å². The maximum absolute atomic E-state index is 11.7. The number of amides is 1. The van der Waals surface area contributed by atoms with Gasteiger partial charge in [0.2, 0.25) is 5.91 Å². The molecule has 0 radical (unpaired) electrons. The summed E-state index contributed by atoms with van der Waals surface area (Å²) in [5.41, 5.74) is 1.65. The van der Waals surface area contributed by atoms with Gasteiger partial charge in [-0.2, -0.15) is 0 Å². The number of carbonyl (C=O) groups is 2. The van der Waals surface area contributed by atoms with Crippen LogP contribution in [-0.4, -0.2) is 28.0 Å². The van der Waals surface area contributed by atoms with Crippen LogP contribution in [0.2, 0.25) is 0 Å². The highest BCUT2D eigenvalue weighted by Crippen LogP contribution is 2.23. The van der Waals surface area contributed by atoms with Gasteiger partial charge in [0.1, 0.15) is 11.0 Å². The molecular weight excluding hydrogens is 276 g/mol. The van der Waals surface area contributed by atoms with Crippen molar-refractivity contribution in [3.05, 3.63) is 41.4 Å². The summed E-state index contributed by atoms with van der Waals surface area (Å²) in [5.74, 6) is -1.40. The first kappa shape index (κ1) is 14.2. The van der Waals surface area contributed by atoms with E-state index in [4.69, 9.17) is 5.11 Å². The molecular formula is C14H14N2O3S. The van der Waals surface area contributed by atoms with Crippen LogP contribution >= 0.6 is 11.3 Å². The zero-order valence-corrected chi connectivity index (χ0v) is 11.7. The van der Waals surface area contributed by atoms with E-state index >= 15 is 0 Å². The molecule has 5 nitrogen and oxygen atoms in total. The maximum atomic E-state index is 11.7. The molecule has 0 bridgehead atoms. The molecule has 6 heteroatoms. The van der Waals surface area contributed by atoms with Gasteiger partial charge in [-0.05, 0) is 6.92 Å². The van der Waals surface area contributed by atoms with Crippen LogP contribution < -0.4 is 5.32 Å². The van der Waals surface area contributed by atoms with Gasteiger partial charge in [0.05, 0.1) is 12.1 Å². The Bertz CT molecular complexity index is 610. The number of hydrogen-bond donors (Lipinski definition) is 2. The molecule has 104 valence electrons. The molecule has 0 aliphatic heterocycles. The summed E-state index contributed by atoms with van der Waals surface area (Å²) in [4.78, 5) is 26.7. The lowest BCUT2D eigenvalue weighted by Gasteiger charge is -2.07. The molecule has 0 aliphatic carbocycles. The average molecular weight is 290 g/mol. The van der Waals surface area contributed by atoms with Crippen molar-refractivity contribution in [2.45, 2.75) is 19.4 Å². The smallest absolute Gasteiger partial charge is 0.325 e. The van der Waals surface area contributed by atoms with E-state index in [2.05, 4.69) is 10.3 Å². The van der Waals surface area contributed by atoms with Crippen molar-refractivity contribution >= 4 is 23.2 Å². The Morgan fingerprint density at radius 1 is 1.35 bits per heavy atom. The van der Waals surface area contributed by atoms with Crippen molar-refractivity contribution in [3.8, 4) is 10.6 Å². The normalized spacial score (nSPS) is 11.8. The van der Waals surface area contributed by atoms with E-state index in [9.17, 15) is 9.59 Å². The first-order valence-electron chi connectivity index (χ1n) is 6.08. The molecule has 1 aromatic heterocycles. The van der Waals surface area contributed by atoms with Gasteiger partial charge >= 0.3 is 5.97 Å². The topological polar surface area (TPSA) is 79.3 Å². The molecule has 20 heavy (non-hydrogen) atoms. The van der Waals surface area contributed by atoms with Crippen molar-refractivity contribution in [1.29, 1.82) is 0 Å². The van der Waals surface area contributed by atoms with Crippen LogP contribution in [0.1, 0.15) is 12.6 Å². The van der Waals surface area contributed by atoms with Gasteiger partial charge in [0.15, 0.2) is 0 Å². The molecule has 1 atom stereocenters. The standard InChI is InChI=1S/C14H14N2O3S/c1-9(14(18)19)15-12(17)7-11-8-20-13(16-11)10-5-3-2-4-6-10/h2-6,8-9H,7H2,1H3,(H,15,17)(H,18,19). The van der Waals surface area contributed by atoms with Gasteiger partial charge in [0, 0.05) is 10.9 Å². The zero-order valence-electron chi connectivity index (χ0n) is 10.9. The second kappa shape index (κ2) is 6.29. The van der Waals surface area contributed by atoms with Gasteiger partial charge in [-0.25, -0.2) is 4.98 Å². The summed E-state index contributed by atoms with van der Waals surface area (Å²) in [6.45, 7) is 1.43. The van der Waals surface area contributed by atoms with Crippen molar-refractivity contribution in [3.63, 3.8) is 0 Å². The Kier molecular flexibility index (Phi) is 4.47. The monoisotopic (exact) mass is 290 g/mol. The lowest BCUT2D eigenvalue weighted by molar-refractivity contribution is -0.141. The summed E-state index contributed by atoms with van der Waals surface area (Å²) in [7, 11) is 0. The fraction of sp³-hybridized carbons (Fsp3) is 0.214. The number of nitrogens with zero attached hydrogens (tertiary/aromatic N) is 1. The highest BCUT2D eigenvalue weighted by atomic mass is 32.1. The largest absolute Gasteiger partial charge is 0.480 e. The summed E-state index contributed by atoms with van der Waals surface area (Å²) in [5, 5.41) is 13.8. The Morgan fingerprint density at radius 3 is 2.70 bits per heavy atom. The molecule has 0 fully saturated rings. The molecule has 2 N–H and O–H groups in total. The minimum atomic E-state index is -1.05. The number of carboxylic acids is 1. The van der Waals surface area contributed by atoms with Gasteiger partial charge < -0.3 is 10.4 Å². The minimum absolute atomic E-state index is 0.0843. The van der Waals surface area contributed by atoms with Crippen LogP contribution in [-0.2, 0) is 16.0 Å². The van der Waals surface area contributed by atoms with Gasteiger partial charge in [-0.1, -0.05) is 30.3 Å². The maximum Gasteiger partial charge on any atom is 0.325 e. The van der Waals surface area contributed by atoms with Crippen molar-refractivity contribution in [1.82, 2.24) is 10.3 Å². The van der Waals surface area contributed by atoms with Crippen LogP contribution in [0.25, 0.3) is 10.6 Å². The molecule has 1 aromatic carbocycles. The van der Waals surface area contributed by atoms with Crippen molar-refractivity contribution in [2.24, 2.45) is 0 Å². The number of nitrogens with one attached hydrogen (secondary N) is 1. The summed E-state index contributed by atoms with van der Waals surface area (Å²) < 4.78 is 0. The van der Waals surface area contributed by atoms with E-state index in [-0.39, 0.29) is 12.3 Å². The second-order valence-corrected chi connectivity index (χ2v) is 5.17. The lowest BCUT2D eigenvalue weighted by atomic mass is 10.2. The van der Waals surface area contributed by atoms with Crippen LogP contribution in [0.4, 0.5) is 0 Å². The predicted octanol–water partition coefficient (Wildman–Crippen LogP) is 1.94. The Balaban J connectivity index is 2.00. The number of carbonyl (C=O) groups excluding carboxylic acids is 1. The number of thiazole rings is 1. The zero-order chi connectivity index (χ0) is 14.5. The molecule has 1 unspecified atom stereocenters. The third-order valence-corrected chi connectivity index (χ3v) is 3.60. The number of rotatable bonds is 5. The molecule has 2 aromatic rings. The van der Waals surface area contributed by atoms with Crippen LogP contribution in [0.15, 0.2) is 35.7 Å². The number of carboxylic acid groups (broad SMARTS) is 1. The average Bonchev–Trinajstić information content (AvgIpc) is 2.88. The quantitative estimate of drug-likeness (QED) is 0.882.